The molecular weight excluding hydrogens is 424 g/mol. The molecule has 0 bridgehead atoms. The minimum absolute atomic E-state index is 0.228. The van der Waals surface area contributed by atoms with Crippen LogP contribution in [0.5, 0.6) is 0 Å². The second-order valence-electron chi connectivity index (χ2n) is 8.65. The van der Waals surface area contributed by atoms with Crippen LogP contribution < -0.4 is 10.2 Å². The molecule has 1 amide bonds. The number of amides is 1. The molecule has 0 fully saturated rings. The molecule has 0 spiro atoms. The summed E-state index contributed by atoms with van der Waals surface area (Å²) in [6.45, 7) is 8.83. The van der Waals surface area contributed by atoms with Gasteiger partial charge in [-0.1, -0.05) is 6.07 Å². The lowest BCUT2D eigenvalue weighted by Crippen LogP contribution is -2.38. The number of nitrogens with zero attached hydrogens (tertiary/aromatic N) is 5. The van der Waals surface area contributed by atoms with E-state index >= 15 is 0 Å². The van der Waals surface area contributed by atoms with E-state index in [1.807, 2.05) is 57.2 Å². The number of pyridine rings is 1. The normalized spacial score (nSPS) is 11.4. The van der Waals surface area contributed by atoms with Gasteiger partial charge in [-0.15, -0.1) is 0 Å². The number of esters is 1. The highest BCUT2D eigenvalue weighted by Crippen LogP contribution is 2.25. The smallest absolute Gasteiger partial charge is 0.407 e. The number of hydrogen-bond acceptors (Lipinski definition) is 7. The molecular formula is C23H32N6O4. The van der Waals surface area contributed by atoms with Gasteiger partial charge in [-0.3, -0.25) is 9.48 Å². The van der Waals surface area contributed by atoms with E-state index in [2.05, 4.69) is 15.5 Å². The van der Waals surface area contributed by atoms with Gasteiger partial charge in [0.15, 0.2) is 0 Å². The Morgan fingerprint density at radius 2 is 1.88 bits per heavy atom. The molecule has 0 saturated carbocycles. The van der Waals surface area contributed by atoms with Gasteiger partial charge in [-0.25, -0.2) is 9.31 Å². The first-order valence-electron chi connectivity index (χ1n) is 11.0. The van der Waals surface area contributed by atoms with Crippen molar-refractivity contribution < 1.29 is 19.1 Å². The summed E-state index contributed by atoms with van der Waals surface area (Å²) in [7, 11) is 1.88. The van der Waals surface area contributed by atoms with Crippen LogP contribution in [0.15, 0.2) is 36.9 Å². The fourth-order valence-electron chi connectivity index (χ4n) is 3.37. The zero-order valence-electron chi connectivity index (χ0n) is 19.9. The summed E-state index contributed by atoms with van der Waals surface area (Å²) in [4.78, 5) is 26.0. The molecule has 3 heterocycles. The minimum Gasteiger partial charge on any atom is -0.466 e. The summed E-state index contributed by atoms with van der Waals surface area (Å²) in [5, 5.41) is 11.5. The maximum absolute atomic E-state index is 12.0. The lowest BCUT2D eigenvalue weighted by atomic mass is 10.1. The molecule has 3 aromatic rings. The van der Waals surface area contributed by atoms with Crippen molar-refractivity contribution in [3.8, 4) is 11.1 Å². The number of hydrogen-bond donors (Lipinski definition) is 1. The number of anilines is 1. The van der Waals surface area contributed by atoms with Crippen molar-refractivity contribution >= 4 is 23.3 Å². The summed E-state index contributed by atoms with van der Waals surface area (Å²) in [5.74, 6) is -0.266. The van der Waals surface area contributed by atoms with E-state index in [4.69, 9.17) is 9.47 Å². The number of aryl methyl sites for hydroxylation is 1. The van der Waals surface area contributed by atoms with Crippen LogP contribution in [-0.4, -0.2) is 63.3 Å². The Hall–Kier alpha value is -3.56. The lowest BCUT2D eigenvalue weighted by molar-refractivity contribution is -0.142. The molecule has 10 nitrogen and oxygen atoms in total. The third-order valence-electron chi connectivity index (χ3n) is 4.82. The van der Waals surface area contributed by atoms with Crippen LogP contribution in [0.4, 0.5) is 10.5 Å². The number of alkyl carbamates (subject to hydrolysis) is 1. The molecule has 0 saturated heterocycles. The SMILES string of the molecule is CCOC(=O)CCN(CCNC(=O)OC(C)(C)C)c1cnn2cc(-c3cnn(C)c3)ccc12. The largest absolute Gasteiger partial charge is 0.466 e. The third-order valence-corrected chi connectivity index (χ3v) is 4.82. The van der Waals surface area contributed by atoms with Crippen LogP contribution >= 0.6 is 0 Å². The molecule has 0 aliphatic heterocycles. The Balaban J connectivity index is 1.76. The van der Waals surface area contributed by atoms with Crippen molar-refractivity contribution in [2.75, 3.05) is 31.1 Å². The van der Waals surface area contributed by atoms with E-state index < -0.39 is 11.7 Å². The van der Waals surface area contributed by atoms with E-state index in [1.54, 1.807) is 28.5 Å². The Morgan fingerprint density at radius 3 is 2.55 bits per heavy atom. The Morgan fingerprint density at radius 1 is 1.09 bits per heavy atom. The fourth-order valence-corrected chi connectivity index (χ4v) is 3.37. The van der Waals surface area contributed by atoms with Crippen LogP contribution in [0.1, 0.15) is 34.1 Å². The molecule has 0 radical (unpaired) electrons. The lowest BCUT2D eigenvalue weighted by Gasteiger charge is -2.24. The predicted molar refractivity (Wildman–Crippen MR) is 125 cm³/mol. The summed E-state index contributed by atoms with van der Waals surface area (Å²) < 4.78 is 13.9. The molecule has 3 rings (SSSR count). The second-order valence-corrected chi connectivity index (χ2v) is 8.65. The van der Waals surface area contributed by atoms with Gasteiger partial charge in [0.2, 0.25) is 0 Å². The molecule has 0 aliphatic carbocycles. The van der Waals surface area contributed by atoms with Crippen molar-refractivity contribution in [2.24, 2.45) is 7.05 Å². The van der Waals surface area contributed by atoms with Crippen LogP contribution in [0.3, 0.4) is 0 Å². The maximum Gasteiger partial charge on any atom is 0.407 e. The third kappa shape index (κ3) is 6.71. The van der Waals surface area contributed by atoms with E-state index in [1.165, 1.54) is 0 Å². The zero-order chi connectivity index (χ0) is 24.0. The minimum atomic E-state index is -0.567. The van der Waals surface area contributed by atoms with E-state index in [0.29, 0.717) is 26.2 Å². The summed E-state index contributed by atoms with van der Waals surface area (Å²) in [5.41, 5.74) is 3.18. The molecule has 1 N–H and O–H groups in total. The highest BCUT2D eigenvalue weighted by Gasteiger charge is 2.18. The molecule has 33 heavy (non-hydrogen) atoms. The standard InChI is InChI=1S/C23H32N6O4/c1-6-32-21(30)9-11-28(12-10-24-22(31)33-23(2,3)4)20-14-26-29-16-17(7-8-19(20)29)18-13-25-27(5)15-18/h7-8,13-16H,6,9-12H2,1-5H3,(H,24,31). The first kappa shape index (κ1) is 24.1. The van der Waals surface area contributed by atoms with Crippen LogP contribution in [-0.2, 0) is 21.3 Å². The quantitative estimate of drug-likeness (QED) is 0.494. The maximum atomic E-state index is 12.0. The Kier molecular flexibility index (Phi) is 7.57. The number of rotatable bonds is 9. The highest BCUT2D eigenvalue weighted by molar-refractivity contribution is 5.76. The zero-order valence-corrected chi connectivity index (χ0v) is 19.9. The number of fused-ring (bicyclic) bond motifs is 1. The average Bonchev–Trinajstić information content (AvgIpc) is 3.35. The summed E-state index contributed by atoms with van der Waals surface area (Å²) in [6, 6.07) is 4.00. The number of nitrogens with one attached hydrogen (secondary N) is 1. The van der Waals surface area contributed by atoms with Gasteiger partial charge in [0.25, 0.3) is 0 Å². The van der Waals surface area contributed by atoms with Gasteiger partial charge in [0.05, 0.1) is 36.6 Å². The summed E-state index contributed by atoms with van der Waals surface area (Å²) >= 11 is 0. The molecule has 0 aromatic carbocycles. The van der Waals surface area contributed by atoms with Gasteiger partial charge in [0.1, 0.15) is 5.60 Å². The first-order chi connectivity index (χ1) is 15.7. The fraction of sp³-hybridized carbons (Fsp3) is 0.478. The summed E-state index contributed by atoms with van der Waals surface area (Å²) in [6.07, 6.45) is 7.21. The molecule has 0 aliphatic rings. The Bertz CT molecular complexity index is 1100. The van der Waals surface area contributed by atoms with Gasteiger partial charge < -0.3 is 19.7 Å². The van der Waals surface area contributed by atoms with Crippen molar-refractivity contribution in [1.29, 1.82) is 0 Å². The van der Waals surface area contributed by atoms with Gasteiger partial charge in [-0.2, -0.15) is 10.2 Å². The number of carbonyl (C=O) groups is 2. The van der Waals surface area contributed by atoms with Crippen LogP contribution in [0.25, 0.3) is 16.6 Å². The van der Waals surface area contributed by atoms with E-state index in [9.17, 15) is 9.59 Å². The van der Waals surface area contributed by atoms with Crippen LogP contribution in [0, 0.1) is 0 Å². The molecule has 0 atom stereocenters. The monoisotopic (exact) mass is 456 g/mol. The molecule has 0 unspecified atom stereocenters. The Labute approximate surface area is 193 Å². The van der Waals surface area contributed by atoms with Crippen molar-refractivity contribution in [3.05, 3.63) is 36.9 Å². The predicted octanol–water partition coefficient (Wildman–Crippen LogP) is 3.02. The molecule has 178 valence electrons. The molecule has 10 heteroatoms. The van der Waals surface area contributed by atoms with Crippen molar-refractivity contribution in [3.63, 3.8) is 0 Å². The van der Waals surface area contributed by atoms with Crippen molar-refractivity contribution in [2.45, 2.75) is 39.7 Å². The second kappa shape index (κ2) is 10.4. The van der Waals surface area contributed by atoms with Gasteiger partial charge >= 0.3 is 12.1 Å². The van der Waals surface area contributed by atoms with Crippen molar-refractivity contribution in [1.82, 2.24) is 24.7 Å². The van der Waals surface area contributed by atoms with E-state index in [-0.39, 0.29) is 12.4 Å². The average molecular weight is 457 g/mol. The first-order valence-corrected chi connectivity index (χ1v) is 11.0. The highest BCUT2D eigenvalue weighted by atomic mass is 16.6. The van der Waals surface area contributed by atoms with Gasteiger partial charge in [-0.05, 0) is 33.8 Å². The number of carbonyl (C=O) groups excluding carboxylic acids is 2. The van der Waals surface area contributed by atoms with E-state index in [0.717, 1.165) is 22.3 Å². The topological polar surface area (TPSA) is 103 Å². The van der Waals surface area contributed by atoms with Crippen LogP contribution in [0.2, 0.25) is 0 Å². The number of ether oxygens (including phenoxy) is 2. The number of aromatic nitrogens is 4. The molecule has 3 aromatic heterocycles. The van der Waals surface area contributed by atoms with Gasteiger partial charge in [0, 0.05) is 50.2 Å².